The Labute approximate surface area is 124 Å². The smallest absolute Gasteiger partial charge is 0.0190 e. The number of hydrogen-bond acceptors (Lipinski definition) is 1. The zero-order valence-corrected chi connectivity index (χ0v) is 13.6. The van der Waals surface area contributed by atoms with E-state index in [4.69, 9.17) is 0 Å². The fourth-order valence-corrected chi connectivity index (χ4v) is 6.48. The third-order valence-corrected chi connectivity index (χ3v) is 7.95. The van der Waals surface area contributed by atoms with Crippen molar-refractivity contribution >= 4 is 0 Å². The molecule has 112 valence electrons. The van der Waals surface area contributed by atoms with Crippen LogP contribution in [-0.2, 0) is 0 Å². The summed E-state index contributed by atoms with van der Waals surface area (Å²) in [5.41, 5.74) is 3.03. The van der Waals surface area contributed by atoms with Gasteiger partial charge < -0.3 is 0 Å². The Morgan fingerprint density at radius 3 is 2.35 bits per heavy atom. The predicted octanol–water partition coefficient (Wildman–Crippen LogP) is 4.49. The molecule has 2 unspecified atom stereocenters. The van der Waals surface area contributed by atoms with Crippen molar-refractivity contribution in [2.24, 2.45) is 28.6 Å². The fraction of sp³-hybridized carbons (Fsp3) is 0.895. The molecule has 5 aliphatic rings. The van der Waals surface area contributed by atoms with Gasteiger partial charge in [-0.25, -0.2) is 0 Å². The van der Waals surface area contributed by atoms with Gasteiger partial charge in [0.05, 0.1) is 0 Å². The number of nitrogens with zero attached hydrogens (tertiary/aromatic N) is 1. The predicted molar refractivity (Wildman–Crippen MR) is 84.6 cm³/mol. The molecule has 0 spiro atoms. The van der Waals surface area contributed by atoms with E-state index in [-0.39, 0.29) is 0 Å². The molecule has 5 atom stereocenters. The van der Waals surface area contributed by atoms with Crippen LogP contribution in [0.15, 0.2) is 11.6 Å². The highest BCUT2D eigenvalue weighted by atomic mass is 15.1. The Balaban J connectivity index is 1.32. The average Bonchev–Trinajstić information content (AvgIpc) is 2.92. The Morgan fingerprint density at radius 1 is 1.15 bits per heavy atom. The van der Waals surface area contributed by atoms with Gasteiger partial charge in [-0.15, -0.1) is 0 Å². The molecule has 0 aromatic heterocycles. The minimum Gasteiger partial charge on any atom is -0.299 e. The normalized spacial score (nSPS) is 50.1. The summed E-state index contributed by atoms with van der Waals surface area (Å²) in [6.45, 7) is 11.4. The van der Waals surface area contributed by atoms with E-state index in [1.807, 2.05) is 0 Å². The van der Waals surface area contributed by atoms with E-state index < -0.39 is 0 Å². The van der Waals surface area contributed by atoms with Gasteiger partial charge >= 0.3 is 0 Å². The average molecular weight is 273 g/mol. The van der Waals surface area contributed by atoms with Crippen LogP contribution in [0.3, 0.4) is 0 Å². The zero-order valence-electron chi connectivity index (χ0n) is 13.6. The summed E-state index contributed by atoms with van der Waals surface area (Å²) in [5.74, 6) is 3.30. The highest BCUT2D eigenvalue weighted by Gasteiger charge is 2.80. The van der Waals surface area contributed by atoms with Crippen LogP contribution in [-0.4, -0.2) is 24.5 Å². The molecule has 1 heterocycles. The lowest BCUT2D eigenvalue weighted by atomic mass is 9.71. The largest absolute Gasteiger partial charge is 0.299 e. The first kappa shape index (κ1) is 13.4. The van der Waals surface area contributed by atoms with Gasteiger partial charge in [0.15, 0.2) is 0 Å². The van der Waals surface area contributed by atoms with Crippen molar-refractivity contribution in [2.45, 2.75) is 59.3 Å². The van der Waals surface area contributed by atoms with Gasteiger partial charge in [-0.2, -0.15) is 0 Å². The van der Waals surface area contributed by atoms with Crippen LogP contribution < -0.4 is 0 Å². The molecule has 1 aliphatic heterocycles. The first-order valence-corrected chi connectivity index (χ1v) is 8.94. The SMILES string of the molecule is C/C(=C/CC[C@]1(C)C2C[C@@H]3[C@H](C2)C31C)CN1CCCC1. The number of hydrogen-bond donors (Lipinski definition) is 0. The van der Waals surface area contributed by atoms with Gasteiger partial charge in [-0.1, -0.05) is 25.5 Å². The van der Waals surface area contributed by atoms with Crippen molar-refractivity contribution in [3.63, 3.8) is 0 Å². The van der Waals surface area contributed by atoms with Crippen molar-refractivity contribution in [3.05, 3.63) is 11.6 Å². The van der Waals surface area contributed by atoms with Crippen molar-refractivity contribution in [1.82, 2.24) is 4.90 Å². The third kappa shape index (κ3) is 1.65. The molecule has 1 heteroatoms. The van der Waals surface area contributed by atoms with Gasteiger partial charge in [0, 0.05) is 6.54 Å². The summed E-state index contributed by atoms with van der Waals surface area (Å²) in [5, 5.41) is 0. The van der Waals surface area contributed by atoms with Crippen LogP contribution in [0.5, 0.6) is 0 Å². The Bertz CT molecular complexity index is 419. The lowest BCUT2D eigenvalue weighted by Gasteiger charge is -2.34. The zero-order chi connectivity index (χ0) is 14.0. The van der Waals surface area contributed by atoms with E-state index in [0.717, 1.165) is 23.2 Å². The molecule has 20 heavy (non-hydrogen) atoms. The van der Waals surface area contributed by atoms with Crippen molar-refractivity contribution in [1.29, 1.82) is 0 Å². The lowest BCUT2D eigenvalue weighted by molar-refractivity contribution is 0.154. The van der Waals surface area contributed by atoms with Crippen LogP contribution in [0.2, 0.25) is 0 Å². The molecule has 4 aliphatic carbocycles. The van der Waals surface area contributed by atoms with Crippen molar-refractivity contribution in [2.75, 3.05) is 19.6 Å². The molecular formula is C19H31N. The molecule has 0 aromatic carbocycles. The molecule has 0 amide bonds. The van der Waals surface area contributed by atoms with Crippen molar-refractivity contribution < 1.29 is 0 Å². The van der Waals surface area contributed by atoms with Crippen LogP contribution in [0.4, 0.5) is 0 Å². The summed E-state index contributed by atoms with van der Waals surface area (Å²) in [6.07, 6.45) is 11.3. The van der Waals surface area contributed by atoms with Crippen LogP contribution in [0.25, 0.3) is 0 Å². The number of likely N-dealkylation sites (tertiary alicyclic amines) is 1. The number of rotatable bonds is 5. The Kier molecular flexibility index (Phi) is 2.91. The molecule has 0 aromatic rings. The summed E-state index contributed by atoms with van der Waals surface area (Å²) in [6, 6.07) is 0. The second kappa shape index (κ2) is 4.35. The van der Waals surface area contributed by atoms with Crippen LogP contribution in [0.1, 0.15) is 59.3 Å². The van der Waals surface area contributed by atoms with Crippen LogP contribution >= 0.6 is 0 Å². The van der Waals surface area contributed by atoms with E-state index in [9.17, 15) is 0 Å². The van der Waals surface area contributed by atoms with E-state index in [0.29, 0.717) is 5.41 Å². The highest BCUT2D eigenvalue weighted by Crippen LogP contribution is 2.87. The molecule has 0 N–H and O–H groups in total. The molecule has 4 saturated carbocycles. The van der Waals surface area contributed by atoms with E-state index in [1.54, 1.807) is 18.4 Å². The van der Waals surface area contributed by atoms with Crippen LogP contribution in [0, 0.1) is 28.6 Å². The van der Waals surface area contributed by atoms with Gasteiger partial charge in [0.25, 0.3) is 0 Å². The number of allylic oxidation sites excluding steroid dienone is 1. The lowest BCUT2D eigenvalue weighted by Crippen LogP contribution is -2.27. The maximum Gasteiger partial charge on any atom is 0.0190 e. The first-order valence-electron chi connectivity index (χ1n) is 8.94. The monoisotopic (exact) mass is 273 g/mol. The van der Waals surface area contributed by atoms with Gasteiger partial charge in [0.2, 0.25) is 0 Å². The highest BCUT2D eigenvalue weighted by molar-refractivity contribution is 5.29. The maximum absolute atomic E-state index is 2.62. The standard InChI is InChI=1S/C19H31N/c1-14(13-20-9-4-5-10-20)7-6-8-18(2)15-11-16-17(12-15)19(16,18)3/h7,15-17H,4-6,8-13H2,1-3H3/b14-7-/t15?,16-,17+,18-,19?/m1/s1. The second-order valence-electron chi connectivity index (χ2n) is 8.65. The fourth-order valence-electron chi connectivity index (χ4n) is 6.48. The molecule has 5 rings (SSSR count). The second-order valence-corrected chi connectivity index (χ2v) is 8.65. The summed E-state index contributed by atoms with van der Waals surface area (Å²) >= 11 is 0. The molecular weight excluding hydrogens is 242 g/mol. The maximum atomic E-state index is 2.62. The minimum atomic E-state index is 0.673. The quantitative estimate of drug-likeness (QED) is 0.667. The van der Waals surface area contributed by atoms with E-state index in [1.165, 1.54) is 45.3 Å². The topological polar surface area (TPSA) is 3.24 Å². The summed E-state index contributed by atoms with van der Waals surface area (Å²) in [7, 11) is 0. The van der Waals surface area contributed by atoms with Gasteiger partial charge in [0.1, 0.15) is 0 Å². The molecule has 5 fully saturated rings. The van der Waals surface area contributed by atoms with Crippen molar-refractivity contribution in [3.8, 4) is 0 Å². The Morgan fingerprint density at radius 2 is 1.80 bits per heavy atom. The first-order chi connectivity index (χ1) is 9.55. The minimum absolute atomic E-state index is 0.673. The summed E-state index contributed by atoms with van der Waals surface area (Å²) in [4.78, 5) is 2.62. The molecule has 0 radical (unpaired) electrons. The van der Waals surface area contributed by atoms with Gasteiger partial charge in [-0.3, -0.25) is 4.90 Å². The molecule has 1 nitrogen and oxygen atoms in total. The van der Waals surface area contributed by atoms with Gasteiger partial charge in [-0.05, 0) is 87.1 Å². The third-order valence-electron chi connectivity index (χ3n) is 7.95. The van der Waals surface area contributed by atoms with E-state index >= 15 is 0 Å². The van der Waals surface area contributed by atoms with E-state index in [2.05, 4.69) is 31.7 Å². The molecule has 1 saturated heterocycles. The Hall–Kier alpha value is -0.300. The summed E-state index contributed by atoms with van der Waals surface area (Å²) < 4.78 is 0. The molecule has 4 bridgehead atoms.